The number of nitrogens with two attached hydrogens (primary N) is 1. The van der Waals surface area contributed by atoms with Crippen LogP contribution in [0.2, 0.25) is 0 Å². The van der Waals surface area contributed by atoms with Crippen molar-refractivity contribution in [2.45, 2.75) is 59.7 Å². The van der Waals surface area contributed by atoms with Crippen molar-refractivity contribution in [1.82, 2.24) is 0 Å². The Hall–Kier alpha value is 0.360. The van der Waals surface area contributed by atoms with Crippen LogP contribution < -0.4 is 5.14 Å². The summed E-state index contributed by atoms with van der Waals surface area (Å²) in [7, 11) is 0. The summed E-state index contributed by atoms with van der Waals surface area (Å²) in [5.41, 5.74) is 0. The second-order valence-corrected chi connectivity index (χ2v) is 5.77. The van der Waals surface area contributed by atoms with E-state index in [1.54, 1.807) is 0 Å². The molecule has 0 bridgehead atoms. The molecular formula is C10H23N2S2+. The number of hydrogen-bond acceptors (Lipinski definition) is 3. The van der Waals surface area contributed by atoms with E-state index in [-0.39, 0.29) is 0 Å². The molecule has 0 heterocycles. The van der Waals surface area contributed by atoms with Crippen molar-refractivity contribution in [3.05, 3.63) is 0 Å². The van der Waals surface area contributed by atoms with Crippen LogP contribution in [0.4, 0.5) is 0 Å². The van der Waals surface area contributed by atoms with Crippen molar-refractivity contribution < 1.29 is 4.48 Å². The van der Waals surface area contributed by atoms with Gasteiger partial charge in [0.15, 0.2) is 0 Å². The van der Waals surface area contributed by atoms with Gasteiger partial charge in [-0.15, -0.1) is 0 Å². The monoisotopic (exact) mass is 235 g/mol. The molecule has 0 saturated heterocycles. The van der Waals surface area contributed by atoms with E-state index in [0.717, 1.165) is 8.80 Å². The molecule has 0 atom stereocenters. The highest BCUT2D eigenvalue weighted by Gasteiger charge is 2.42. The van der Waals surface area contributed by atoms with Crippen molar-refractivity contribution in [1.29, 1.82) is 0 Å². The Bertz CT molecular complexity index is 179. The molecule has 0 spiro atoms. The lowest BCUT2D eigenvalue weighted by Gasteiger charge is -2.47. The van der Waals surface area contributed by atoms with E-state index < -0.39 is 0 Å². The van der Waals surface area contributed by atoms with Crippen molar-refractivity contribution in [3.63, 3.8) is 0 Å². The van der Waals surface area contributed by atoms with E-state index in [0.29, 0.717) is 18.1 Å². The third-order valence-corrected chi connectivity index (χ3v) is 4.10. The van der Waals surface area contributed by atoms with Crippen molar-refractivity contribution in [2.75, 3.05) is 0 Å². The maximum atomic E-state index is 5.63. The number of nitrogens with zero attached hydrogens (tertiary/aromatic N) is 1. The molecular weight excluding hydrogens is 212 g/mol. The van der Waals surface area contributed by atoms with E-state index in [1.165, 1.54) is 11.9 Å². The minimum Gasteiger partial charge on any atom is -0.269 e. The Kier molecular flexibility index (Phi) is 5.59. The quantitative estimate of drug-likeness (QED) is 0.463. The minimum atomic E-state index is 0.471. The van der Waals surface area contributed by atoms with E-state index in [2.05, 4.69) is 41.5 Å². The average molecular weight is 235 g/mol. The molecule has 2 nitrogen and oxygen atoms in total. The predicted octanol–water partition coefficient (Wildman–Crippen LogP) is 2.92. The van der Waals surface area contributed by atoms with Gasteiger partial charge < -0.3 is 0 Å². The van der Waals surface area contributed by atoms with Crippen LogP contribution in [-0.2, 0) is 0 Å². The number of thiocarbonyl (C=S) groups is 1. The zero-order chi connectivity index (χ0) is 11.5. The van der Waals surface area contributed by atoms with Gasteiger partial charge >= 0.3 is 0 Å². The number of rotatable bonds is 3. The van der Waals surface area contributed by atoms with Gasteiger partial charge in [0, 0.05) is 11.9 Å². The van der Waals surface area contributed by atoms with Gasteiger partial charge in [-0.1, -0.05) is 0 Å². The molecule has 0 aromatic carbocycles. The van der Waals surface area contributed by atoms with Crippen LogP contribution in [0, 0.1) is 0 Å². The normalized spacial score (nSPS) is 13.0. The fourth-order valence-corrected chi connectivity index (χ4v) is 3.96. The molecule has 0 aromatic heterocycles. The van der Waals surface area contributed by atoms with Crippen LogP contribution in [0.5, 0.6) is 0 Å². The highest BCUT2D eigenvalue weighted by Crippen LogP contribution is 2.28. The molecule has 0 amide bonds. The van der Waals surface area contributed by atoms with Gasteiger partial charge in [0.1, 0.15) is 0 Å². The third kappa shape index (κ3) is 2.30. The average Bonchev–Trinajstić information content (AvgIpc) is 2.02. The highest BCUT2D eigenvalue weighted by atomic mass is 32.2. The van der Waals surface area contributed by atoms with Gasteiger partial charge in [-0.05, 0) is 53.8 Å². The van der Waals surface area contributed by atoms with Crippen molar-refractivity contribution >= 4 is 28.5 Å². The highest BCUT2D eigenvalue weighted by molar-refractivity contribution is 8.21. The summed E-state index contributed by atoms with van der Waals surface area (Å²) in [6, 6.07) is 1.41. The molecule has 0 saturated carbocycles. The van der Waals surface area contributed by atoms with Crippen molar-refractivity contribution in [3.8, 4) is 0 Å². The summed E-state index contributed by atoms with van der Waals surface area (Å²) in [5.74, 6) is 0. The van der Waals surface area contributed by atoms with Crippen LogP contribution in [0.1, 0.15) is 41.5 Å². The van der Waals surface area contributed by atoms with Crippen LogP contribution in [0.15, 0.2) is 0 Å². The fraction of sp³-hybridized carbons (Fsp3) is 0.900. The summed E-state index contributed by atoms with van der Waals surface area (Å²) in [4.78, 5) is 0. The maximum absolute atomic E-state index is 5.63. The van der Waals surface area contributed by atoms with E-state index in [9.17, 15) is 0 Å². The number of hydrogen-bond donors (Lipinski definition) is 1. The van der Waals surface area contributed by atoms with Crippen LogP contribution in [0.25, 0.3) is 0 Å². The van der Waals surface area contributed by atoms with Gasteiger partial charge in [0.25, 0.3) is 0 Å². The topological polar surface area (TPSA) is 26.0 Å². The molecule has 0 aromatic rings. The standard InChI is InChI=1S/C10H23N2S2/c1-7(2)12(8(3)4,9(5)6)10(13)14-11/h7-9H,11H2,1-6H3/q+1. The summed E-state index contributed by atoms with van der Waals surface area (Å²) in [6.07, 6.45) is 0. The first kappa shape index (κ1) is 14.4. The lowest BCUT2D eigenvalue weighted by molar-refractivity contribution is -0.899. The molecule has 0 rings (SSSR count). The van der Waals surface area contributed by atoms with E-state index >= 15 is 0 Å². The fourth-order valence-electron chi connectivity index (χ4n) is 2.51. The Morgan fingerprint density at radius 3 is 1.36 bits per heavy atom. The first-order chi connectivity index (χ1) is 6.31. The third-order valence-electron chi connectivity index (χ3n) is 2.98. The van der Waals surface area contributed by atoms with Gasteiger partial charge in [-0.2, -0.15) is 0 Å². The SMILES string of the molecule is CC(C)[N+](C(=S)SN)(C(C)C)C(C)C. The van der Waals surface area contributed by atoms with Gasteiger partial charge in [0.05, 0.1) is 18.1 Å². The first-order valence-corrected chi connectivity index (χ1v) is 6.39. The molecule has 0 aliphatic rings. The molecule has 4 heteroatoms. The molecule has 0 radical (unpaired) electrons. The first-order valence-electron chi connectivity index (χ1n) is 5.11. The Morgan fingerprint density at radius 2 is 1.29 bits per heavy atom. The second-order valence-electron chi connectivity index (χ2n) is 4.50. The van der Waals surface area contributed by atoms with Gasteiger partial charge in [0.2, 0.25) is 4.32 Å². The molecule has 2 N–H and O–H groups in total. The minimum absolute atomic E-state index is 0.471. The second kappa shape index (κ2) is 5.45. The van der Waals surface area contributed by atoms with Crippen LogP contribution in [0.3, 0.4) is 0 Å². The zero-order valence-electron chi connectivity index (χ0n) is 10.1. The van der Waals surface area contributed by atoms with Crippen LogP contribution in [-0.4, -0.2) is 26.9 Å². The molecule has 0 fully saturated rings. The molecule has 0 aliphatic heterocycles. The summed E-state index contributed by atoms with van der Waals surface area (Å²) < 4.78 is 1.71. The largest absolute Gasteiger partial charge is 0.269 e. The predicted molar refractivity (Wildman–Crippen MR) is 70.0 cm³/mol. The molecule has 0 unspecified atom stereocenters. The summed E-state index contributed by atoms with van der Waals surface area (Å²) >= 11 is 6.65. The van der Waals surface area contributed by atoms with Crippen molar-refractivity contribution in [2.24, 2.45) is 5.14 Å². The zero-order valence-corrected chi connectivity index (χ0v) is 11.7. The van der Waals surface area contributed by atoms with E-state index in [1.807, 2.05) is 0 Å². The maximum Gasteiger partial charge on any atom is 0.249 e. The lowest BCUT2D eigenvalue weighted by atomic mass is 10.1. The van der Waals surface area contributed by atoms with Gasteiger partial charge in [-0.3, -0.25) is 9.62 Å². The molecule has 14 heavy (non-hydrogen) atoms. The van der Waals surface area contributed by atoms with Gasteiger partial charge in [-0.25, -0.2) is 0 Å². The number of quaternary nitrogens is 1. The van der Waals surface area contributed by atoms with E-state index in [4.69, 9.17) is 17.4 Å². The lowest BCUT2D eigenvalue weighted by Crippen LogP contribution is -2.64. The Balaban J connectivity index is 5.27. The smallest absolute Gasteiger partial charge is 0.249 e. The molecule has 0 aliphatic carbocycles. The Labute approximate surface area is 98.0 Å². The Morgan fingerprint density at radius 1 is 1.00 bits per heavy atom. The summed E-state index contributed by atoms with van der Waals surface area (Å²) in [6.45, 7) is 13.3. The molecule has 84 valence electrons. The summed E-state index contributed by atoms with van der Waals surface area (Å²) in [5, 5.41) is 5.63. The van der Waals surface area contributed by atoms with Crippen LogP contribution >= 0.6 is 24.2 Å².